The summed E-state index contributed by atoms with van der Waals surface area (Å²) in [5.74, 6) is 1.68. The molecule has 1 fully saturated rings. The Kier molecular flexibility index (Phi) is 3.97. The smallest absolute Gasteiger partial charge is 0.158 e. The average Bonchev–Trinajstić information content (AvgIpc) is 3.17. The van der Waals surface area contributed by atoms with E-state index in [9.17, 15) is 0 Å². The number of alkyl halides is 1. The van der Waals surface area contributed by atoms with Gasteiger partial charge < -0.3 is 4.57 Å². The van der Waals surface area contributed by atoms with Gasteiger partial charge in [-0.15, -0.1) is 11.6 Å². The quantitative estimate of drug-likeness (QED) is 0.769. The van der Waals surface area contributed by atoms with Crippen LogP contribution in [0.15, 0.2) is 0 Å². The van der Waals surface area contributed by atoms with Crippen LogP contribution in [-0.2, 0) is 20.0 Å². The molecule has 2 aromatic heterocycles. The largest absolute Gasteiger partial charge is 0.311 e. The van der Waals surface area contributed by atoms with Crippen LogP contribution in [0.2, 0.25) is 0 Å². The number of aromatic nitrogens is 4. The number of nitrogens with zero attached hydrogens (tertiary/aromatic N) is 5. The van der Waals surface area contributed by atoms with Crippen molar-refractivity contribution in [2.75, 3.05) is 12.9 Å². The lowest BCUT2D eigenvalue weighted by Crippen LogP contribution is -2.35. The van der Waals surface area contributed by atoms with Gasteiger partial charge in [-0.1, -0.05) is 0 Å². The standard InChI is InChI=1S/C15H24ClN5/c1-10(19(3)12-5-6-12)9-21-13(7-8-16)17-14-11(2)18-20(4)15(14)21/h10,12H,5-9H2,1-4H3. The molecule has 0 aromatic carbocycles. The normalized spacial score (nSPS) is 17.0. The van der Waals surface area contributed by atoms with Gasteiger partial charge >= 0.3 is 0 Å². The topological polar surface area (TPSA) is 38.9 Å². The molecule has 1 saturated carbocycles. The molecule has 1 atom stereocenters. The molecule has 0 N–H and O–H groups in total. The molecule has 3 rings (SSSR count). The van der Waals surface area contributed by atoms with Crippen molar-refractivity contribution < 1.29 is 0 Å². The van der Waals surface area contributed by atoms with Crippen molar-refractivity contribution in [3.63, 3.8) is 0 Å². The third-order valence-electron chi connectivity index (χ3n) is 4.55. The van der Waals surface area contributed by atoms with E-state index in [1.165, 1.54) is 12.8 Å². The summed E-state index contributed by atoms with van der Waals surface area (Å²) in [5, 5.41) is 4.50. The lowest BCUT2D eigenvalue weighted by molar-refractivity contribution is 0.225. The minimum atomic E-state index is 0.485. The van der Waals surface area contributed by atoms with Crippen LogP contribution in [0.25, 0.3) is 11.2 Å². The molecule has 21 heavy (non-hydrogen) atoms. The van der Waals surface area contributed by atoms with Crippen molar-refractivity contribution in [1.29, 1.82) is 0 Å². The van der Waals surface area contributed by atoms with E-state index >= 15 is 0 Å². The summed E-state index contributed by atoms with van der Waals surface area (Å²) in [5.41, 5.74) is 3.12. The molecule has 0 spiro atoms. The van der Waals surface area contributed by atoms with E-state index in [1.54, 1.807) is 0 Å². The minimum absolute atomic E-state index is 0.485. The van der Waals surface area contributed by atoms with Crippen molar-refractivity contribution >= 4 is 22.8 Å². The number of rotatable bonds is 6. The van der Waals surface area contributed by atoms with Gasteiger partial charge in [-0.2, -0.15) is 5.10 Å². The summed E-state index contributed by atoms with van der Waals surface area (Å²) in [7, 11) is 4.22. The van der Waals surface area contributed by atoms with Crippen molar-refractivity contribution in [3.8, 4) is 0 Å². The van der Waals surface area contributed by atoms with E-state index in [-0.39, 0.29) is 0 Å². The number of halogens is 1. The van der Waals surface area contributed by atoms with Crippen molar-refractivity contribution in [1.82, 2.24) is 24.2 Å². The van der Waals surface area contributed by atoms with Crippen LogP contribution in [-0.4, -0.2) is 49.2 Å². The van der Waals surface area contributed by atoms with E-state index < -0.39 is 0 Å². The number of aryl methyl sites for hydroxylation is 3. The summed E-state index contributed by atoms with van der Waals surface area (Å²) < 4.78 is 4.25. The van der Waals surface area contributed by atoms with E-state index in [4.69, 9.17) is 16.6 Å². The second-order valence-electron chi connectivity index (χ2n) is 6.20. The highest BCUT2D eigenvalue weighted by Crippen LogP contribution is 2.28. The molecule has 1 unspecified atom stereocenters. The molecule has 0 bridgehead atoms. The van der Waals surface area contributed by atoms with Crippen LogP contribution in [0.5, 0.6) is 0 Å². The van der Waals surface area contributed by atoms with Crippen LogP contribution in [0.4, 0.5) is 0 Å². The van der Waals surface area contributed by atoms with Gasteiger partial charge in [0.1, 0.15) is 11.3 Å². The Bertz CT molecular complexity index is 640. The van der Waals surface area contributed by atoms with E-state index in [1.807, 2.05) is 18.7 Å². The van der Waals surface area contributed by atoms with Gasteiger partial charge in [0, 0.05) is 38.0 Å². The summed E-state index contributed by atoms with van der Waals surface area (Å²) in [6, 6.07) is 1.25. The van der Waals surface area contributed by atoms with Crippen LogP contribution in [0.1, 0.15) is 31.3 Å². The number of imidazole rings is 1. The number of hydrogen-bond donors (Lipinski definition) is 0. The highest BCUT2D eigenvalue weighted by Gasteiger charge is 2.30. The molecule has 6 heteroatoms. The first-order valence-electron chi connectivity index (χ1n) is 7.69. The Morgan fingerprint density at radius 2 is 2.14 bits per heavy atom. The lowest BCUT2D eigenvalue weighted by atomic mass is 10.2. The average molecular weight is 310 g/mol. The van der Waals surface area contributed by atoms with E-state index in [0.717, 1.165) is 41.7 Å². The van der Waals surface area contributed by atoms with E-state index in [0.29, 0.717) is 11.9 Å². The first-order valence-corrected chi connectivity index (χ1v) is 8.23. The predicted molar refractivity (Wildman–Crippen MR) is 85.9 cm³/mol. The maximum absolute atomic E-state index is 5.96. The van der Waals surface area contributed by atoms with Gasteiger partial charge in [0.2, 0.25) is 0 Å². The second kappa shape index (κ2) is 5.61. The SMILES string of the molecule is Cc1nn(C)c2c1nc(CCCl)n2CC(C)N(C)C1CC1. The molecule has 116 valence electrons. The summed E-state index contributed by atoms with van der Waals surface area (Å²) in [6.07, 6.45) is 3.47. The van der Waals surface area contributed by atoms with Gasteiger partial charge in [-0.25, -0.2) is 4.98 Å². The Morgan fingerprint density at radius 3 is 2.76 bits per heavy atom. The minimum Gasteiger partial charge on any atom is -0.311 e. The maximum atomic E-state index is 5.96. The Hall–Kier alpha value is -1.07. The van der Waals surface area contributed by atoms with Crippen LogP contribution in [0.3, 0.4) is 0 Å². The van der Waals surface area contributed by atoms with Gasteiger partial charge in [-0.3, -0.25) is 9.58 Å². The summed E-state index contributed by atoms with van der Waals surface area (Å²) >= 11 is 5.96. The lowest BCUT2D eigenvalue weighted by Gasteiger charge is -2.25. The first-order chi connectivity index (χ1) is 10.0. The van der Waals surface area contributed by atoms with Crippen LogP contribution < -0.4 is 0 Å². The zero-order chi connectivity index (χ0) is 15.1. The fourth-order valence-corrected chi connectivity index (χ4v) is 3.25. The summed E-state index contributed by atoms with van der Waals surface area (Å²) in [6.45, 7) is 5.25. The van der Waals surface area contributed by atoms with Crippen LogP contribution in [0, 0.1) is 6.92 Å². The molecule has 1 aliphatic carbocycles. The zero-order valence-electron chi connectivity index (χ0n) is 13.3. The molecule has 0 saturated heterocycles. The molecular formula is C15H24ClN5. The fraction of sp³-hybridized carbons (Fsp3) is 0.733. The molecule has 0 aliphatic heterocycles. The van der Waals surface area contributed by atoms with Gasteiger partial charge in [0.05, 0.1) is 5.69 Å². The van der Waals surface area contributed by atoms with Gasteiger partial charge in [0.15, 0.2) is 5.65 Å². The number of hydrogen-bond acceptors (Lipinski definition) is 3. The Morgan fingerprint density at radius 1 is 1.43 bits per heavy atom. The number of fused-ring (bicyclic) bond motifs is 1. The Balaban J connectivity index is 1.95. The number of likely N-dealkylation sites (N-methyl/N-ethyl adjacent to an activating group) is 1. The second-order valence-corrected chi connectivity index (χ2v) is 6.58. The monoisotopic (exact) mass is 309 g/mol. The van der Waals surface area contributed by atoms with Gasteiger partial charge in [-0.05, 0) is 33.7 Å². The predicted octanol–water partition coefficient (Wildman–Crippen LogP) is 2.34. The van der Waals surface area contributed by atoms with Crippen molar-refractivity contribution in [2.45, 2.75) is 51.7 Å². The third-order valence-corrected chi connectivity index (χ3v) is 4.74. The molecule has 1 aliphatic rings. The van der Waals surface area contributed by atoms with Crippen LogP contribution >= 0.6 is 11.6 Å². The van der Waals surface area contributed by atoms with E-state index in [2.05, 4.69) is 28.5 Å². The first kappa shape index (κ1) is 14.9. The van der Waals surface area contributed by atoms with Crippen molar-refractivity contribution in [2.24, 2.45) is 7.05 Å². The molecule has 0 amide bonds. The highest BCUT2D eigenvalue weighted by atomic mass is 35.5. The Labute approximate surface area is 130 Å². The fourth-order valence-electron chi connectivity index (χ4n) is 3.08. The highest BCUT2D eigenvalue weighted by molar-refractivity contribution is 6.17. The zero-order valence-corrected chi connectivity index (χ0v) is 14.1. The molecule has 5 nitrogen and oxygen atoms in total. The third kappa shape index (κ3) is 2.69. The van der Waals surface area contributed by atoms with Gasteiger partial charge in [0.25, 0.3) is 0 Å². The molecule has 2 aromatic rings. The summed E-state index contributed by atoms with van der Waals surface area (Å²) in [4.78, 5) is 7.26. The molecule has 0 radical (unpaired) electrons. The van der Waals surface area contributed by atoms with Crippen molar-refractivity contribution in [3.05, 3.63) is 11.5 Å². The molecular weight excluding hydrogens is 286 g/mol. The maximum Gasteiger partial charge on any atom is 0.158 e. The molecule has 2 heterocycles.